The van der Waals surface area contributed by atoms with Crippen LogP contribution in [0.1, 0.15) is 49.4 Å². The molecule has 1 N–H and O–H groups in total. The Morgan fingerprint density at radius 3 is 2.53 bits per heavy atom. The highest BCUT2D eigenvalue weighted by Crippen LogP contribution is 2.30. The second-order valence-electron chi connectivity index (χ2n) is 7.49. The molecule has 30 heavy (non-hydrogen) atoms. The molecule has 0 heterocycles. The third-order valence-corrected chi connectivity index (χ3v) is 6.06. The zero-order valence-corrected chi connectivity index (χ0v) is 19.3. The van der Waals surface area contributed by atoms with E-state index in [1.54, 1.807) is 24.3 Å². The number of para-hydroxylation sites is 2. The number of carbonyl (C=O) groups excluding carboxylic acids is 1. The minimum atomic E-state index is -3.51. The second kappa shape index (κ2) is 10.5. The zero-order chi connectivity index (χ0) is 22.3. The maximum absolute atomic E-state index is 12.5. The fourth-order valence-corrected chi connectivity index (χ4v) is 4.38. The molecule has 2 aromatic carbocycles. The van der Waals surface area contributed by atoms with Crippen LogP contribution in [-0.2, 0) is 14.8 Å². The first-order chi connectivity index (χ1) is 14.1. The molecule has 0 saturated carbocycles. The largest absolute Gasteiger partial charge is 0.492 e. The molecule has 0 saturated heterocycles. The van der Waals surface area contributed by atoms with Crippen molar-refractivity contribution < 1.29 is 17.9 Å². The van der Waals surface area contributed by atoms with Gasteiger partial charge >= 0.3 is 0 Å². The van der Waals surface area contributed by atoms with Gasteiger partial charge in [-0.05, 0) is 57.4 Å². The SMILES string of the molecule is CCOc1ccccc1N(CCCC(=O)N[C@@H](C)c1cc(C)ccc1C)S(C)(=O)=O. The molecule has 1 amide bonds. The van der Waals surface area contributed by atoms with Gasteiger partial charge in [0.25, 0.3) is 0 Å². The molecule has 2 rings (SSSR count). The zero-order valence-electron chi connectivity index (χ0n) is 18.4. The Morgan fingerprint density at radius 1 is 1.17 bits per heavy atom. The molecule has 1 atom stereocenters. The van der Waals surface area contributed by atoms with Gasteiger partial charge in [0.15, 0.2) is 0 Å². The maximum atomic E-state index is 12.5. The molecule has 0 aliphatic carbocycles. The third-order valence-electron chi connectivity index (χ3n) is 4.88. The highest BCUT2D eigenvalue weighted by Gasteiger charge is 2.21. The van der Waals surface area contributed by atoms with Gasteiger partial charge in [0.2, 0.25) is 15.9 Å². The number of benzene rings is 2. The van der Waals surface area contributed by atoms with Crippen molar-refractivity contribution in [3.63, 3.8) is 0 Å². The lowest BCUT2D eigenvalue weighted by Crippen LogP contribution is -2.33. The van der Waals surface area contributed by atoms with E-state index in [9.17, 15) is 13.2 Å². The van der Waals surface area contributed by atoms with Crippen LogP contribution < -0.4 is 14.4 Å². The summed E-state index contributed by atoms with van der Waals surface area (Å²) >= 11 is 0. The van der Waals surface area contributed by atoms with E-state index in [2.05, 4.69) is 11.4 Å². The third kappa shape index (κ3) is 6.49. The number of nitrogens with zero attached hydrogens (tertiary/aromatic N) is 1. The van der Waals surface area contributed by atoms with Gasteiger partial charge in [-0.1, -0.05) is 35.9 Å². The molecule has 0 bridgehead atoms. The first kappa shape index (κ1) is 23.7. The van der Waals surface area contributed by atoms with Crippen molar-refractivity contribution >= 4 is 21.6 Å². The molecule has 0 fully saturated rings. The number of rotatable bonds is 10. The monoisotopic (exact) mass is 432 g/mol. The summed E-state index contributed by atoms with van der Waals surface area (Å²) in [6.45, 7) is 8.50. The van der Waals surface area contributed by atoms with Gasteiger partial charge in [0, 0.05) is 13.0 Å². The quantitative estimate of drug-likeness (QED) is 0.613. The summed E-state index contributed by atoms with van der Waals surface area (Å²) in [5.74, 6) is 0.411. The minimum absolute atomic E-state index is 0.102. The molecule has 0 aromatic heterocycles. The number of nitrogens with one attached hydrogen (secondary N) is 1. The van der Waals surface area contributed by atoms with E-state index in [-0.39, 0.29) is 24.9 Å². The number of hydrogen-bond acceptors (Lipinski definition) is 4. The highest BCUT2D eigenvalue weighted by molar-refractivity contribution is 7.92. The molecule has 0 aliphatic heterocycles. The standard InChI is InChI=1S/C23H32N2O4S/c1-6-29-22-11-8-7-10-21(22)25(30(5,27)28)15-9-12-23(26)24-19(4)20-16-17(2)13-14-18(20)3/h7-8,10-11,13-14,16,19H,6,9,12,15H2,1-5H3,(H,24,26)/t19-/m0/s1. The predicted octanol–water partition coefficient (Wildman–Crippen LogP) is 4.13. The Kier molecular flexibility index (Phi) is 8.29. The summed E-state index contributed by atoms with van der Waals surface area (Å²) in [6, 6.07) is 13.1. The number of carbonyl (C=O) groups is 1. The van der Waals surface area contributed by atoms with Crippen LogP contribution in [0.3, 0.4) is 0 Å². The summed E-state index contributed by atoms with van der Waals surface area (Å²) in [5, 5.41) is 3.02. The number of anilines is 1. The van der Waals surface area contributed by atoms with Crippen molar-refractivity contribution in [3.8, 4) is 5.75 Å². The van der Waals surface area contributed by atoms with Crippen LogP contribution >= 0.6 is 0 Å². The molecule has 0 radical (unpaired) electrons. The molecular formula is C23H32N2O4S. The Labute approximate surface area is 180 Å². The minimum Gasteiger partial charge on any atom is -0.492 e. The molecular weight excluding hydrogens is 400 g/mol. The molecule has 6 nitrogen and oxygen atoms in total. The average molecular weight is 433 g/mol. The smallest absolute Gasteiger partial charge is 0.232 e. The summed E-state index contributed by atoms with van der Waals surface area (Å²) in [7, 11) is -3.51. The van der Waals surface area contributed by atoms with Crippen molar-refractivity contribution in [2.24, 2.45) is 0 Å². The Hall–Kier alpha value is -2.54. The summed E-state index contributed by atoms with van der Waals surface area (Å²) < 4.78 is 31.6. The molecule has 0 unspecified atom stereocenters. The number of sulfonamides is 1. The van der Waals surface area contributed by atoms with Crippen LogP contribution in [-0.4, -0.2) is 33.7 Å². The lowest BCUT2D eigenvalue weighted by Gasteiger charge is -2.24. The van der Waals surface area contributed by atoms with Crippen LogP contribution in [0.15, 0.2) is 42.5 Å². The van der Waals surface area contributed by atoms with Gasteiger partial charge in [-0.25, -0.2) is 8.42 Å². The lowest BCUT2D eigenvalue weighted by atomic mass is 10.00. The van der Waals surface area contributed by atoms with Crippen molar-refractivity contribution in [2.75, 3.05) is 23.7 Å². The fourth-order valence-electron chi connectivity index (χ4n) is 3.41. The van der Waals surface area contributed by atoms with Gasteiger partial charge in [-0.15, -0.1) is 0 Å². The fraction of sp³-hybridized carbons (Fsp3) is 0.435. The molecule has 0 aliphatic rings. The number of aryl methyl sites for hydroxylation is 2. The Balaban J connectivity index is 2.02. The number of hydrogen-bond donors (Lipinski definition) is 1. The average Bonchev–Trinajstić information content (AvgIpc) is 2.67. The van der Waals surface area contributed by atoms with Crippen LogP contribution in [0.25, 0.3) is 0 Å². The van der Waals surface area contributed by atoms with Crippen molar-refractivity contribution in [2.45, 2.75) is 46.6 Å². The Morgan fingerprint density at radius 2 is 1.87 bits per heavy atom. The topological polar surface area (TPSA) is 75.7 Å². The highest BCUT2D eigenvalue weighted by atomic mass is 32.2. The van der Waals surface area contributed by atoms with E-state index in [1.165, 1.54) is 10.6 Å². The maximum Gasteiger partial charge on any atom is 0.232 e. The number of amides is 1. The summed E-state index contributed by atoms with van der Waals surface area (Å²) in [5.41, 5.74) is 3.86. The predicted molar refractivity (Wildman–Crippen MR) is 122 cm³/mol. The van der Waals surface area contributed by atoms with E-state index in [0.717, 1.165) is 16.7 Å². The summed E-state index contributed by atoms with van der Waals surface area (Å²) in [4.78, 5) is 12.5. The first-order valence-electron chi connectivity index (χ1n) is 10.2. The van der Waals surface area contributed by atoms with Gasteiger partial charge in [0.05, 0.1) is 24.6 Å². The lowest BCUT2D eigenvalue weighted by molar-refractivity contribution is -0.121. The molecule has 164 valence electrons. The van der Waals surface area contributed by atoms with Gasteiger partial charge in [-0.2, -0.15) is 0 Å². The normalized spacial score (nSPS) is 12.3. The van der Waals surface area contributed by atoms with E-state index >= 15 is 0 Å². The number of ether oxygens (including phenoxy) is 1. The molecule has 2 aromatic rings. The van der Waals surface area contributed by atoms with Crippen LogP contribution in [0.4, 0.5) is 5.69 Å². The summed E-state index contributed by atoms with van der Waals surface area (Å²) in [6.07, 6.45) is 1.80. The van der Waals surface area contributed by atoms with Gasteiger partial charge < -0.3 is 10.1 Å². The Bertz CT molecular complexity index is 973. The van der Waals surface area contributed by atoms with E-state index in [1.807, 2.05) is 39.8 Å². The van der Waals surface area contributed by atoms with Crippen molar-refractivity contribution in [1.82, 2.24) is 5.32 Å². The van der Waals surface area contributed by atoms with Crippen molar-refractivity contribution in [3.05, 3.63) is 59.2 Å². The van der Waals surface area contributed by atoms with E-state index < -0.39 is 10.0 Å². The van der Waals surface area contributed by atoms with Gasteiger partial charge in [0.1, 0.15) is 5.75 Å². The van der Waals surface area contributed by atoms with E-state index in [4.69, 9.17) is 4.74 Å². The van der Waals surface area contributed by atoms with E-state index in [0.29, 0.717) is 24.5 Å². The van der Waals surface area contributed by atoms with Crippen LogP contribution in [0.5, 0.6) is 5.75 Å². The first-order valence-corrected chi connectivity index (χ1v) is 12.0. The van der Waals surface area contributed by atoms with Gasteiger partial charge in [-0.3, -0.25) is 9.10 Å². The van der Waals surface area contributed by atoms with Crippen LogP contribution in [0.2, 0.25) is 0 Å². The molecule has 7 heteroatoms. The van der Waals surface area contributed by atoms with Crippen LogP contribution in [0, 0.1) is 13.8 Å². The molecule has 0 spiro atoms. The van der Waals surface area contributed by atoms with Crippen molar-refractivity contribution in [1.29, 1.82) is 0 Å². The second-order valence-corrected chi connectivity index (χ2v) is 9.40.